The predicted octanol–water partition coefficient (Wildman–Crippen LogP) is 2.17. The second kappa shape index (κ2) is 7.24. The molecule has 0 amide bonds. The smallest absolute Gasteiger partial charge is 0.242 e. The number of rotatable bonds is 7. The number of aliphatic hydroxyl groups is 1. The van der Waals surface area contributed by atoms with Crippen LogP contribution in [0.5, 0.6) is 5.75 Å². The number of nitrogens with zero attached hydrogens (tertiary/aromatic N) is 1. The van der Waals surface area contributed by atoms with Crippen LogP contribution in [-0.2, 0) is 10.0 Å². The lowest BCUT2D eigenvalue weighted by atomic mass is 10.2. The van der Waals surface area contributed by atoms with Gasteiger partial charge in [0.25, 0.3) is 0 Å². The predicted molar refractivity (Wildman–Crippen MR) is 83.1 cm³/mol. The van der Waals surface area contributed by atoms with Crippen molar-refractivity contribution in [2.45, 2.75) is 51.2 Å². The fourth-order valence-corrected chi connectivity index (χ4v) is 3.11. The van der Waals surface area contributed by atoms with Gasteiger partial charge in [-0.1, -0.05) is 0 Å². The zero-order chi connectivity index (χ0) is 16.2. The number of benzene rings is 1. The zero-order valence-corrected chi connectivity index (χ0v) is 14.1. The first-order chi connectivity index (χ1) is 9.64. The van der Waals surface area contributed by atoms with Gasteiger partial charge in [0.05, 0.1) is 17.1 Å². The molecule has 6 heteroatoms. The molecule has 1 atom stereocenters. The third-order valence-corrected chi connectivity index (χ3v) is 4.93. The number of sulfonamides is 1. The Labute approximate surface area is 127 Å². The van der Waals surface area contributed by atoms with E-state index in [1.807, 2.05) is 20.8 Å². The van der Waals surface area contributed by atoms with Gasteiger partial charge in [-0.05, 0) is 57.9 Å². The number of aryl methyl sites for hydroxylation is 1. The number of aliphatic hydroxyl groups excluding tert-OH is 1. The second-order valence-electron chi connectivity index (χ2n) is 5.56. The molecule has 0 aliphatic heterocycles. The quantitative estimate of drug-likeness (QED) is 0.837. The van der Waals surface area contributed by atoms with E-state index in [9.17, 15) is 13.5 Å². The summed E-state index contributed by atoms with van der Waals surface area (Å²) >= 11 is 0. The Bertz CT molecular complexity index is 567. The van der Waals surface area contributed by atoms with Crippen molar-refractivity contribution in [3.63, 3.8) is 0 Å². The number of ether oxygens (including phenoxy) is 1. The Morgan fingerprint density at radius 3 is 2.38 bits per heavy atom. The van der Waals surface area contributed by atoms with Gasteiger partial charge in [-0.2, -0.15) is 0 Å². The van der Waals surface area contributed by atoms with Crippen molar-refractivity contribution in [1.29, 1.82) is 0 Å². The lowest BCUT2D eigenvalue weighted by Crippen LogP contribution is -2.29. The summed E-state index contributed by atoms with van der Waals surface area (Å²) in [6.45, 7) is 7.60. The molecule has 5 nitrogen and oxygen atoms in total. The first-order valence-electron chi connectivity index (χ1n) is 7.06. The molecule has 0 heterocycles. The summed E-state index contributed by atoms with van der Waals surface area (Å²) in [6, 6.07) is 4.86. The van der Waals surface area contributed by atoms with Gasteiger partial charge >= 0.3 is 0 Å². The minimum atomic E-state index is -3.54. The van der Waals surface area contributed by atoms with E-state index in [1.165, 1.54) is 11.4 Å². The highest BCUT2D eigenvalue weighted by atomic mass is 32.2. The van der Waals surface area contributed by atoms with Gasteiger partial charge in [0.1, 0.15) is 5.75 Å². The molecule has 0 radical (unpaired) electrons. The van der Waals surface area contributed by atoms with Crippen LogP contribution in [0.4, 0.5) is 0 Å². The minimum Gasteiger partial charge on any atom is -0.491 e. The van der Waals surface area contributed by atoms with Crippen LogP contribution in [0.25, 0.3) is 0 Å². The molecule has 120 valence electrons. The fraction of sp³-hybridized carbons (Fsp3) is 0.600. The van der Waals surface area contributed by atoms with Crippen LogP contribution in [0.2, 0.25) is 0 Å². The molecule has 0 spiro atoms. The third-order valence-electron chi connectivity index (χ3n) is 3.08. The zero-order valence-electron chi connectivity index (χ0n) is 13.3. The van der Waals surface area contributed by atoms with Crippen LogP contribution in [0, 0.1) is 6.92 Å². The Morgan fingerprint density at radius 2 is 1.90 bits per heavy atom. The Kier molecular flexibility index (Phi) is 6.19. The van der Waals surface area contributed by atoms with Crippen LogP contribution in [-0.4, -0.2) is 43.6 Å². The molecule has 1 N–H and O–H groups in total. The molecule has 1 aromatic rings. The molecule has 1 unspecified atom stereocenters. The second-order valence-corrected chi connectivity index (χ2v) is 7.60. The van der Waals surface area contributed by atoms with Gasteiger partial charge in [0.15, 0.2) is 0 Å². The van der Waals surface area contributed by atoms with E-state index < -0.39 is 16.1 Å². The van der Waals surface area contributed by atoms with Crippen LogP contribution >= 0.6 is 0 Å². The maximum absolute atomic E-state index is 12.4. The van der Waals surface area contributed by atoms with E-state index in [-0.39, 0.29) is 17.5 Å². The third kappa shape index (κ3) is 4.98. The van der Waals surface area contributed by atoms with Gasteiger partial charge in [-0.3, -0.25) is 0 Å². The molecule has 0 aliphatic carbocycles. The highest BCUT2D eigenvalue weighted by Crippen LogP contribution is 2.24. The average molecular weight is 315 g/mol. The van der Waals surface area contributed by atoms with Crippen LogP contribution in [0.3, 0.4) is 0 Å². The lowest BCUT2D eigenvalue weighted by Gasteiger charge is -2.19. The normalized spacial score (nSPS) is 13.7. The van der Waals surface area contributed by atoms with Crippen molar-refractivity contribution in [1.82, 2.24) is 4.31 Å². The highest BCUT2D eigenvalue weighted by molar-refractivity contribution is 7.89. The van der Waals surface area contributed by atoms with Gasteiger partial charge in [-0.25, -0.2) is 12.7 Å². The Hall–Kier alpha value is -1.11. The van der Waals surface area contributed by atoms with Crippen molar-refractivity contribution >= 4 is 10.0 Å². The average Bonchev–Trinajstić information content (AvgIpc) is 2.37. The first kappa shape index (κ1) is 17.9. The number of hydrogen-bond donors (Lipinski definition) is 1. The van der Waals surface area contributed by atoms with E-state index in [4.69, 9.17) is 4.74 Å². The molecule has 0 bridgehead atoms. The van der Waals surface area contributed by atoms with Crippen LogP contribution in [0.1, 0.15) is 32.8 Å². The summed E-state index contributed by atoms with van der Waals surface area (Å²) < 4.78 is 31.7. The van der Waals surface area contributed by atoms with E-state index >= 15 is 0 Å². The minimum absolute atomic E-state index is 0.0415. The van der Waals surface area contributed by atoms with Crippen molar-refractivity contribution in [3.8, 4) is 5.75 Å². The van der Waals surface area contributed by atoms with Gasteiger partial charge < -0.3 is 9.84 Å². The van der Waals surface area contributed by atoms with E-state index in [0.717, 1.165) is 5.56 Å². The molecule has 0 aliphatic rings. The highest BCUT2D eigenvalue weighted by Gasteiger charge is 2.21. The van der Waals surface area contributed by atoms with Crippen molar-refractivity contribution in [2.24, 2.45) is 0 Å². The maximum Gasteiger partial charge on any atom is 0.242 e. The summed E-state index contributed by atoms with van der Waals surface area (Å²) in [5, 5.41) is 9.26. The topological polar surface area (TPSA) is 66.8 Å². The molecule has 0 saturated heterocycles. The van der Waals surface area contributed by atoms with Gasteiger partial charge in [0.2, 0.25) is 10.0 Å². The fourth-order valence-electron chi connectivity index (χ4n) is 1.84. The summed E-state index contributed by atoms with van der Waals surface area (Å²) in [5.41, 5.74) is 0.786. The van der Waals surface area contributed by atoms with E-state index in [0.29, 0.717) is 12.2 Å². The van der Waals surface area contributed by atoms with Gasteiger partial charge in [-0.15, -0.1) is 0 Å². The number of hydrogen-bond acceptors (Lipinski definition) is 4. The molecule has 0 fully saturated rings. The molecule has 0 saturated carbocycles. The van der Waals surface area contributed by atoms with Gasteiger partial charge in [0, 0.05) is 13.6 Å². The standard InChI is InChI=1S/C15H25NO4S/c1-11(2)20-15-7-6-14(10-12(15)3)21(18,19)16(5)9-8-13(4)17/h6-7,10-11,13,17H,8-9H2,1-5H3. The van der Waals surface area contributed by atoms with Crippen LogP contribution < -0.4 is 4.74 Å². The van der Waals surface area contributed by atoms with Crippen molar-refractivity contribution in [2.75, 3.05) is 13.6 Å². The maximum atomic E-state index is 12.4. The molecule has 21 heavy (non-hydrogen) atoms. The monoisotopic (exact) mass is 315 g/mol. The lowest BCUT2D eigenvalue weighted by molar-refractivity contribution is 0.177. The molecular formula is C15H25NO4S. The Balaban J connectivity index is 2.96. The van der Waals surface area contributed by atoms with Crippen molar-refractivity contribution in [3.05, 3.63) is 23.8 Å². The van der Waals surface area contributed by atoms with E-state index in [1.54, 1.807) is 25.1 Å². The van der Waals surface area contributed by atoms with E-state index in [2.05, 4.69) is 0 Å². The van der Waals surface area contributed by atoms with Crippen LogP contribution in [0.15, 0.2) is 23.1 Å². The summed E-state index contributed by atoms with van der Waals surface area (Å²) in [7, 11) is -2.02. The summed E-state index contributed by atoms with van der Waals surface area (Å²) in [6.07, 6.45) is -0.0745. The van der Waals surface area contributed by atoms with Crippen molar-refractivity contribution < 1.29 is 18.3 Å². The SMILES string of the molecule is Cc1cc(S(=O)(=O)N(C)CCC(C)O)ccc1OC(C)C. The molecule has 1 aromatic carbocycles. The Morgan fingerprint density at radius 1 is 1.29 bits per heavy atom. The first-order valence-corrected chi connectivity index (χ1v) is 8.50. The summed E-state index contributed by atoms with van der Waals surface area (Å²) in [5.74, 6) is 0.690. The summed E-state index contributed by atoms with van der Waals surface area (Å²) in [4.78, 5) is 0.240. The molecular weight excluding hydrogens is 290 g/mol. The largest absolute Gasteiger partial charge is 0.491 e. The molecule has 0 aromatic heterocycles. The molecule has 1 rings (SSSR count).